The summed E-state index contributed by atoms with van der Waals surface area (Å²) in [5, 5.41) is 21.8. The molecule has 0 bridgehead atoms. The number of phenolic OH excluding ortho intramolecular Hbond substituents is 1. The van der Waals surface area contributed by atoms with Gasteiger partial charge in [0.15, 0.2) is 0 Å². The monoisotopic (exact) mass is 259 g/mol. The van der Waals surface area contributed by atoms with Crippen molar-refractivity contribution in [2.24, 2.45) is 0 Å². The molecule has 0 aromatic heterocycles. The SMILES string of the molecule is Nc1ccc(-c2cc(NCCO)ccc2N)c(O)c1. The van der Waals surface area contributed by atoms with Crippen LogP contribution in [-0.4, -0.2) is 23.4 Å². The van der Waals surface area contributed by atoms with E-state index in [9.17, 15) is 5.11 Å². The molecule has 5 nitrogen and oxygen atoms in total. The first-order valence-corrected chi connectivity index (χ1v) is 5.95. The summed E-state index contributed by atoms with van der Waals surface area (Å²) in [7, 11) is 0. The van der Waals surface area contributed by atoms with Crippen LogP contribution in [0.25, 0.3) is 11.1 Å². The lowest BCUT2D eigenvalue weighted by Crippen LogP contribution is -2.05. The van der Waals surface area contributed by atoms with Crippen LogP contribution in [0.2, 0.25) is 0 Å². The summed E-state index contributed by atoms with van der Waals surface area (Å²) >= 11 is 0. The van der Waals surface area contributed by atoms with Gasteiger partial charge in [-0.05, 0) is 30.3 Å². The van der Waals surface area contributed by atoms with Gasteiger partial charge in [-0.15, -0.1) is 0 Å². The van der Waals surface area contributed by atoms with Crippen molar-refractivity contribution in [1.29, 1.82) is 0 Å². The number of aromatic hydroxyl groups is 1. The zero-order chi connectivity index (χ0) is 13.8. The molecule has 0 heterocycles. The van der Waals surface area contributed by atoms with Crippen LogP contribution in [0.5, 0.6) is 5.75 Å². The minimum atomic E-state index is 0.0484. The molecular formula is C14H17N3O2. The van der Waals surface area contributed by atoms with E-state index in [1.165, 1.54) is 6.07 Å². The fourth-order valence-corrected chi connectivity index (χ4v) is 1.88. The van der Waals surface area contributed by atoms with Crippen molar-refractivity contribution in [2.45, 2.75) is 0 Å². The van der Waals surface area contributed by atoms with Gasteiger partial charge in [0.05, 0.1) is 6.61 Å². The Labute approximate surface area is 111 Å². The van der Waals surface area contributed by atoms with Crippen molar-refractivity contribution in [2.75, 3.05) is 29.9 Å². The molecule has 2 aromatic carbocycles. The summed E-state index contributed by atoms with van der Waals surface area (Å²) in [6.07, 6.45) is 0. The van der Waals surface area contributed by atoms with Crippen LogP contribution in [0.4, 0.5) is 17.1 Å². The van der Waals surface area contributed by atoms with Crippen molar-refractivity contribution in [3.05, 3.63) is 36.4 Å². The van der Waals surface area contributed by atoms with Gasteiger partial charge in [0.2, 0.25) is 0 Å². The van der Waals surface area contributed by atoms with Crippen molar-refractivity contribution >= 4 is 17.1 Å². The number of hydrogen-bond acceptors (Lipinski definition) is 5. The second kappa shape index (κ2) is 5.49. The van der Waals surface area contributed by atoms with Gasteiger partial charge < -0.3 is 27.0 Å². The van der Waals surface area contributed by atoms with Crippen molar-refractivity contribution in [3.8, 4) is 16.9 Å². The number of nitrogens with one attached hydrogen (secondary N) is 1. The highest BCUT2D eigenvalue weighted by Crippen LogP contribution is 2.35. The number of anilines is 3. The van der Waals surface area contributed by atoms with Gasteiger partial charge in [0.25, 0.3) is 0 Å². The second-order valence-corrected chi connectivity index (χ2v) is 4.23. The van der Waals surface area contributed by atoms with E-state index < -0.39 is 0 Å². The summed E-state index contributed by atoms with van der Waals surface area (Å²) in [5.41, 5.74) is 14.8. The summed E-state index contributed by atoms with van der Waals surface area (Å²) in [6, 6.07) is 10.3. The molecule has 0 saturated heterocycles. The van der Waals surface area contributed by atoms with Crippen molar-refractivity contribution in [3.63, 3.8) is 0 Å². The van der Waals surface area contributed by atoms with E-state index in [1.807, 2.05) is 12.1 Å². The number of aliphatic hydroxyl groups is 1. The van der Waals surface area contributed by atoms with Crippen molar-refractivity contribution < 1.29 is 10.2 Å². The molecule has 7 N–H and O–H groups in total. The molecule has 0 unspecified atom stereocenters. The Kier molecular flexibility index (Phi) is 3.77. The molecular weight excluding hydrogens is 242 g/mol. The molecule has 0 aliphatic rings. The van der Waals surface area contributed by atoms with Gasteiger partial charge in [-0.2, -0.15) is 0 Å². The van der Waals surface area contributed by atoms with Gasteiger partial charge in [0.1, 0.15) is 5.75 Å². The third-order valence-electron chi connectivity index (χ3n) is 2.81. The molecule has 0 radical (unpaired) electrons. The maximum absolute atomic E-state index is 9.94. The standard InChI is InChI=1S/C14H17N3O2/c15-9-1-3-11(14(19)7-9)12-8-10(17-5-6-18)2-4-13(12)16/h1-4,7-8,17-19H,5-6,15-16H2. The van der Waals surface area contributed by atoms with E-state index in [2.05, 4.69) is 5.32 Å². The quantitative estimate of drug-likeness (QED) is 0.537. The minimum Gasteiger partial charge on any atom is -0.507 e. The molecule has 0 spiro atoms. The van der Waals surface area contributed by atoms with E-state index in [0.29, 0.717) is 23.5 Å². The molecule has 0 aliphatic heterocycles. The lowest BCUT2D eigenvalue weighted by atomic mass is 10.0. The largest absolute Gasteiger partial charge is 0.507 e. The number of benzene rings is 2. The topological polar surface area (TPSA) is 105 Å². The number of hydrogen-bond donors (Lipinski definition) is 5. The Morgan fingerprint density at radius 1 is 1.00 bits per heavy atom. The Bertz CT molecular complexity index is 585. The second-order valence-electron chi connectivity index (χ2n) is 4.23. The first-order chi connectivity index (χ1) is 9.11. The molecule has 0 fully saturated rings. The van der Waals surface area contributed by atoms with Crippen LogP contribution in [0.15, 0.2) is 36.4 Å². The van der Waals surface area contributed by atoms with E-state index >= 15 is 0 Å². The van der Waals surface area contributed by atoms with Crippen LogP contribution >= 0.6 is 0 Å². The summed E-state index contributed by atoms with van der Waals surface area (Å²) in [4.78, 5) is 0. The van der Waals surface area contributed by atoms with Gasteiger partial charge in [0, 0.05) is 40.8 Å². The molecule has 0 saturated carbocycles. The summed E-state index contributed by atoms with van der Waals surface area (Å²) < 4.78 is 0. The highest BCUT2D eigenvalue weighted by Gasteiger charge is 2.09. The lowest BCUT2D eigenvalue weighted by molar-refractivity contribution is 0.311. The average Bonchev–Trinajstić information content (AvgIpc) is 2.38. The zero-order valence-electron chi connectivity index (χ0n) is 10.4. The highest BCUT2D eigenvalue weighted by molar-refractivity contribution is 5.83. The first-order valence-electron chi connectivity index (χ1n) is 5.95. The number of nitrogens with two attached hydrogens (primary N) is 2. The number of aliphatic hydroxyl groups excluding tert-OH is 1. The van der Waals surface area contributed by atoms with Gasteiger partial charge in [-0.3, -0.25) is 0 Å². The third-order valence-corrected chi connectivity index (χ3v) is 2.81. The smallest absolute Gasteiger partial charge is 0.125 e. The Morgan fingerprint density at radius 3 is 2.47 bits per heavy atom. The molecule has 100 valence electrons. The number of nitrogen functional groups attached to an aromatic ring is 2. The zero-order valence-corrected chi connectivity index (χ0v) is 10.4. The lowest BCUT2D eigenvalue weighted by Gasteiger charge is -2.12. The Hall–Kier alpha value is -2.40. The minimum absolute atomic E-state index is 0.0484. The normalized spacial score (nSPS) is 10.4. The number of rotatable bonds is 4. The first kappa shape index (κ1) is 13.0. The fourth-order valence-electron chi connectivity index (χ4n) is 1.88. The fraction of sp³-hybridized carbons (Fsp3) is 0.143. The van der Waals surface area contributed by atoms with E-state index in [1.54, 1.807) is 18.2 Å². The maximum atomic E-state index is 9.94. The van der Waals surface area contributed by atoms with Crippen LogP contribution in [0, 0.1) is 0 Å². The molecule has 19 heavy (non-hydrogen) atoms. The summed E-state index contributed by atoms with van der Waals surface area (Å²) in [5.74, 6) is 0.0889. The van der Waals surface area contributed by atoms with Crippen LogP contribution < -0.4 is 16.8 Å². The van der Waals surface area contributed by atoms with Crippen LogP contribution in [0.3, 0.4) is 0 Å². The molecule has 2 rings (SSSR count). The third kappa shape index (κ3) is 2.89. The van der Waals surface area contributed by atoms with Crippen LogP contribution in [0.1, 0.15) is 0 Å². The van der Waals surface area contributed by atoms with E-state index in [0.717, 1.165) is 11.3 Å². The molecule has 5 heteroatoms. The Balaban J connectivity index is 2.42. The summed E-state index contributed by atoms with van der Waals surface area (Å²) in [6.45, 7) is 0.504. The highest BCUT2D eigenvalue weighted by atomic mass is 16.3. The average molecular weight is 259 g/mol. The van der Waals surface area contributed by atoms with Gasteiger partial charge in [-0.1, -0.05) is 0 Å². The van der Waals surface area contributed by atoms with E-state index in [4.69, 9.17) is 16.6 Å². The van der Waals surface area contributed by atoms with Gasteiger partial charge in [-0.25, -0.2) is 0 Å². The molecule has 0 atom stereocenters. The predicted octanol–water partition coefficient (Wildman–Crippen LogP) is 1.63. The maximum Gasteiger partial charge on any atom is 0.125 e. The molecule has 2 aromatic rings. The van der Waals surface area contributed by atoms with Gasteiger partial charge >= 0.3 is 0 Å². The Morgan fingerprint density at radius 2 is 1.79 bits per heavy atom. The predicted molar refractivity (Wildman–Crippen MR) is 77.9 cm³/mol. The van der Waals surface area contributed by atoms with E-state index in [-0.39, 0.29) is 12.4 Å². The molecule has 0 amide bonds. The molecule has 0 aliphatic carbocycles. The number of phenols is 1. The van der Waals surface area contributed by atoms with Crippen molar-refractivity contribution in [1.82, 2.24) is 0 Å². The van der Waals surface area contributed by atoms with Crippen LogP contribution in [-0.2, 0) is 0 Å².